The van der Waals surface area contributed by atoms with Gasteiger partial charge < -0.3 is 15.2 Å². The van der Waals surface area contributed by atoms with E-state index in [-0.39, 0.29) is 18.8 Å². The fourth-order valence-electron chi connectivity index (χ4n) is 1.85. The molecule has 25 heavy (non-hydrogen) atoms. The molecule has 9 heteroatoms. The van der Waals surface area contributed by atoms with Gasteiger partial charge in [-0.3, -0.25) is 4.79 Å². The van der Waals surface area contributed by atoms with E-state index in [0.29, 0.717) is 17.0 Å². The van der Waals surface area contributed by atoms with Crippen LogP contribution >= 0.6 is 0 Å². The third-order valence-corrected chi connectivity index (χ3v) is 2.88. The Kier molecular flexibility index (Phi) is 5.58. The number of benzene rings is 1. The molecule has 0 atom stereocenters. The van der Waals surface area contributed by atoms with E-state index >= 15 is 0 Å². The number of nitrogens with zero attached hydrogens (tertiary/aromatic N) is 4. The van der Waals surface area contributed by atoms with Gasteiger partial charge in [-0.1, -0.05) is 24.3 Å². The van der Waals surface area contributed by atoms with Gasteiger partial charge in [-0.25, -0.2) is 4.79 Å². The molecule has 2 N–H and O–H groups in total. The van der Waals surface area contributed by atoms with Crippen LogP contribution < -0.4 is 5.32 Å². The highest BCUT2D eigenvalue weighted by Crippen LogP contribution is 2.14. The van der Waals surface area contributed by atoms with Gasteiger partial charge in [-0.05, 0) is 26.3 Å². The van der Waals surface area contributed by atoms with Gasteiger partial charge >= 0.3 is 12.1 Å². The van der Waals surface area contributed by atoms with Gasteiger partial charge in [0, 0.05) is 5.56 Å². The third kappa shape index (κ3) is 6.13. The minimum absolute atomic E-state index is 0.0484. The molecule has 1 aromatic heterocycles. The van der Waals surface area contributed by atoms with E-state index in [1.165, 1.54) is 0 Å². The number of amides is 1. The second kappa shape index (κ2) is 7.65. The first kappa shape index (κ1) is 18.2. The van der Waals surface area contributed by atoms with Gasteiger partial charge in [0.2, 0.25) is 5.82 Å². The van der Waals surface area contributed by atoms with Crippen molar-refractivity contribution >= 4 is 12.1 Å². The minimum Gasteiger partial charge on any atom is -0.481 e. The first-order valence-corrected chi connectivity index (χ1v) is 7.57. The summed E-state index contributed by atoms with van der Waals surface area (Å²) >= 11 is 0. The zero-order valence-corrected chi connectivity index (χ0v) is 14.2. The van der Waals surface area contributed by atoms with Crippen molar-refractivity contribution in [2.75, 3.05) is 0 Å². The van der Waals surface area contributed by atoms with Crippen molar-refractivity contribution in [3.63, 3.8) is 0 Å². The standard InChI is InChI=1S/C16H19N5O4/c1-16(2,3)25-15(24)17-9-12-18-20-14(21-19-12)11-6-4-10(5-7-11)8-13(22)23/h4-7H,8-9H2,1-3H3,(H,17,24)(H,22,23). The first-order valence-electron chi connectivity index (χ1n) is 7.57. The molecule has 2 rings (SSSR count). The van der Waals surface area contributed by atoms with E-state index in [0.717, 1.165) is 0 Å². The Morgan fingerprint density at radius 2 is 1.68 bits per heavy atom. The predicted molar refractivity (Wildman–Crippen MR) is 87.5 cm³/mol. The summed E-state index contributed by atoms with van der Waals surface area (Å²) in [6.45, 7) is 5.35. The molecule has 1 amide bonds. The number of hydrogen-bond acceptors (Lipinski definition) is 7. The molecule has 0 spiro atoms. The highest BCUT2D eigenvalue weighted by atomic mass is 16.6. The lowest BCUT2D eigenvalue weighted by Gasteiger charge is -2.19. The molecule has 0 aliphatic heterocycles. The number of rotatable bonds is 5. The van der Waals surface area contributed by atoms with Gasteiger partial charge in [0.15, 0.2) is 5.82 Å². The topological polar surface area (TPSA) is 127 Å². The predicted octanol–water partition coefficient (Wildman–Crippen LogP) is 1.59. The molecule has 0 aliphatic rings. The molecule has 9 nitrogen and oxygen atoms in total. The third-order valence-electron chi connectivity index (χ3n) is 2.88. The second-order valence-electron chi connectivity index (χ2n) is 6.26. The number of carbonyl (C=O) groups excluding carboxylic acids is 1. The average molecular weight is 345 g/mol. The Balaban J connectivity index is 1.95. The normalized spacial score (nSPS) is 11.0. The van der Waals surface area contributed by atoms with Crippen LogP contribution in [0.25, 0.3) is 11.4 Å². The van der Waals surface area contributed by atoms with Crippen LogP contribution in [0.5, 0.6) is 0 Å². The van der Waals surface area contributed by atoms with Crippen LogP contribution in [0.2, 0.25) is 0 Å². The summed E-state index contributed by atoms with van der Waals surface area (Å²) in [5.74, 6) is -0.339. The van der Waals surface area contributed by atoms with Gasteiger partial charge in [0.05, 0.1) is 13.0 Å². The Morgan fingerprint density at radius 1 is 1.08 bits per heavy atom. The van der Waals surface area contributed by atoms with Crippen LogP contribution in [0.3, 0.4) is 0 Å². The zero-order valence-electron chi connectivity index (χ0n) is 14.2. The number of hydrogen-bond donors (Lipinski definition) is 2. The van der Waals surface area contributed by atoms with Crippen molar-refractivity contribution in [1.29, 1.82) is 0 Å². The molecule has 0 aliphatic carbocycles. The molecule has 0 saturated heterocycles. The largest absolute Gasteiger partial charge is 0.481 e. The van der Waals surface area contributed by atoms with E-state index < -0.39 is 17.7 Å². The van der Waals surface area contributed by atoms with Crippen LogP contribution in [0.15, 0.2) is 24.3 Å². The molecule has 0 unspecified atom stereocenters. The smallest absolute Gasteiger partial charge is 0.408 e. The number of aromatic nitrogens is 4. The number of carboxylic acid groups (broad SMARTS) is 1. The number of carboxylic acids is 1. The van der Waals surface area contributed by atoms with Gasteiger partial charge in [-0.2, -0.15) is 0 Å². The number of carbonyl (C=O) groups is 2. The maximum Gasteiger partial charge on any atom is 0.408 e. The number of ether oxygens (including phenoxy) is 1. The highest BCUT2D eigenvalue weighted by Gasteiger charge is 2.16. The lowest BCUT2D eigenvalue weighted by molar-refractivity contribution is -0.136. The lowest BCUT2D eigenvalue weighted by atomic mass is 10.1. The maximum atomic E-state index is 11.6. The van der Waals surface area contributed by atoms with Crippen molar-refractivity contribution in [1.82, 2.24) is 25.7 Å². The Bertz CT molecular complexity index is 739. The summed E-state index contributed by atoms with van der Waals surface area (Å²) in [5, 5.41) is 27.0. The average Bonchev–Trinajstić information content (AvgIpc) is 2.52. The SMILES string of the molecule is CC(C)(C)OC(=O)NCc1nnc(-c2ccc(CC(=O)O)cc2)nn1. The Labute approximate surface area is 144 Å². The number of nitrogens with one attached hydrogen (secondary N) is 1. The molecule has 1 heterocycles. The fourth-order valence-corrected chi connectivity index (χ4v) is 1.85. The van der Waals surface area contributed by atoms with Crippen molar-refractivity contribution in [2.24, 2.45) is 0 Å². The summed E-state index contributed by atoms with van der Waals surface area (Å²) in [6.07, 6.45) is -0.624. The van der Waals surface area contributed by atoms with Gasteiger partial charge in [0.25, 0.3) is 0 Å². The molecule has 0 bridgehead atoms. The monoisotopic (exact) mass is 345 g/mol. The molecular weight excluding hydrogens is 326 g/mol. The fraction of sp³-hybridized carbons (Fsp3) is 0.375. The van der Waals surface area contributed by atoms with E-state index in [4.69, 9.17) is 9.84 Å². The van der Waals surface area contributed by atoms with Crippen molar-refractivity contribution in [3.05, 3.63) is 35.7 Å². The minimum atomic E-state index is -0.894. The van der Waals surface area contributed by atoms with E-state index in [1.807, 2.05) is 0 Å². The summed E-state index contributed by atoms with van der Waals surface area (Å²) in [5.41, 5.74) is 0.758. The first-order chi connectivity index (χ1) is 11.7. The number of alkyl carbamates (subject to hydrolysis) is 1. The molecule has 0 fully saturated rings. The highest BCUT2D eigenvalue weighted by molar-refractivity contribution is 5.70. The maximum absolute atomic E-state index is 11.6. The summed E-state index contributed by atoms with van der Waals surface area (Å²) in [7, 11) is 0. The van der Waals surface area contributed by atoms with Crippen LogP contribution in [-0.4, -0.2) is 43.2 Å². The molecular formula is C16H19N5O4. The van der Waals surface area contributed by atoms with Crippen molar-refractivity contribution < 1.29 is 19.4 Å². The van der Waals surface area contributed by atoms with Crippen molar-refractivity contribution in [2.45, 2.75) is 39.3 Å². The second-order valence-corrected chi connectivity index (χ2v) is 6.26. The molecule has 1 aromatic carbocycles. The van der Waals surface area contributed by atoms with E-state index in [1.54, 1.807) is 45.0 Å². The van der Waals surface area contributed by atoms with Crippen LogP contribution in [0.4, 0.5) is 4.79 Å². The summed E-state index contributed by atoms with van der Waals surface area (Å²) < 4.78 is 5.10. The van der Waals surface area contributed by atoms with Gasteiger partial charge in [-0.15, -0.1) is 20.4 Å². The molecule has 2 aromatic rings. The van der Waals surface area contributed by atoms with Crippen molar-refractivity contribution in [3.8, 4) is 11.4 Å². The van der Waals surface area contributed by atoms with Gasteiger partial charge in [0.1, 0.15) is 5.60 Å². The van der Waals surface area contributed by atoms with E-state index in [9.17, 15) is 9.59 Å². The number of aliphatic carboxylic acids is 1. The lowest BCUT2D eigenvalue weighted by Crippen LogP contribution is -2.32. The van der Waals surface area contributed by atoms with Crippen LogP contribution in [0.1, 0.15) is 32.2 Å². The Hall–Kier alpha value is -3.10. The Morgan fingerprint density at radius 3 is 2.20 bits per heavy atom. The summed E-state index contributed by atoms with van der Waals surface area (Å²) in [4.78, 5) is 22.2. The van der Waals surface area contributed by atoms with Crippen LogP contribution in [0, 0.1) is 0 Å². The van der Waals surface area contributed by atoms with E-state index in [2.05, 4.69) is 25.7 Å². The zero-order chi connectivity index (χ0) is 18.4. The quantitative estimate of drug-likeness (QED) is 0.836. The molecule has 0 saturated carbocycles. The molecule has 0 radical (unpaired) electrons. The summed E-state index contributed by atoms with van der Waals surface area (Å²) in [6, 6.07) is 6.78. The molecule has 132 valence electrons. The van der Waals surface area contributed by atoms with Crippen LogP contribution in [-0.2, 0) is 22.5 Å².